The topological polar surface area (TPSA) is 70.2 Å². The predicted molar refractivity (Wildman–Crippen MR) is 99.4 cm³/mol. The molecule has 0 heterocycles. The van der Waals surface area contributed by atoms with Crippen LogP contribution in [0.2, 0.25) is 0 Å². The van der Waals surface area contributed by atoms with Crippen LogP contribution in [-0.4, -0.2) is 25.0 Å². The van der Waals surface area contributed by atoms with Gasteiger partial charge in [-0.05, 0) is 37.5 Å². The second kappa shape index (κ2) is 11.5. The molecule has 0 spiro atoms. The Balaban J connectivity index is 2.25. The summed E-state index contributed by atoms with van der Waals surface area (Å²) in [6.07, 6.45) is 5.88. The Morgan fingerprint density at radius 3 is 2.50 bits per heavy atom. The van der Waals surface area contributed by atoms with Crippen LogP contribution in [0.25, 0.3) is 0 Å². The molecule has 1 aromatic rings. The summed E-state index contributed by atoms with van der Waals surface area (Å²) in [5, 5.41) is 8.36. The van der Waals surface area contributed by atoms with E-state index >= 15 is 0 Å². The van der Waals surface area contributed by atoms with E-state index in [1.165, 1.54) is 19.3 Å². The summed E-state index contributed by atoms with van der Waals surface area (Å²) in [6.45, 7) is 7.60. The first-order valence-electron chi connectivity index (χ1n) is 8.96. The Hall–Kier alpha value is -2.04. The zero-order valence-electron chi connectivity index (χ0n) is 15.2. The molecule has 0 atom stereocenters. The number of hydrogen-bond donors (Lipinski definition) is 3. The fourth-order valence-corrected chi connectivity index (χ4v) is 2.41. The van der Waals surface area contributed by atoms with Gasteiger partial charge in [0, 0.05) is 24.3 Å². The molecule has 0 aliphatic carbocycles. The highest BCUT2D eigenvalue weighted by molar-refractivity contribution is 5.96. The van der Waals surface area contributed by atoms with E-state index in [-0.39, 0.29) is 11.9 Å². The molecule has 3 N–H and O–H groups in total. The zero-order valence-corrected chi connectivity index (χ0v) is 15.2. The lowest BCUT2D eigenvalue weighted by Crippen LogP contribution is -2.29. The van der Waals surface area contributed by atoms with E-state index in [0.29, 0.717) is 24.3 Å². The molecular weight excluding hydrogens is 302 g/mol. The fourth-order valence-electron chi connectivity index (χ4n) is 2.41. The van der Waals surface area contributed by atoms with Crippen LogP contribution in [0.15, 0.2) is 24.3 Å². The van der Waals surface area contributed by atoms with Crippen molar-refractivity contribution >= 4 is 17.6 Å². The van der Waals surface area contributed by atoms with Gasteiger partial charge in [0.05, 0.1) is 0 Å². The van der Waals surface area contributed by atoms with Gasteiger partial charge in [0.15, 0.2) is 0 Å². The van der Waals surface area contributed by atoms with Crippen molar-refractivity contribution in [1.82, 2.24) is 10.6 Å². The minimum Gasteiger partial charge on any atom is -0.352 e. The highest BCUT2D eigenvalue weighted by atomic mass is 16.2. The average molecular weight is 333 g/mol. The first-order valence-corrected chi connectivity index (χ1v) is 8.96. The molecule has 0 saturated carbocycles. The first-order chi connectivity index (χ1) is 11.5. The van der Waals surface area contributed by atoms with Crippen molar-refractivity contribution in [3.8, 4) is 0 Å². The van der Waals surface area contributed by atoms with E-state index < -0.39 is 0 Å². The number of rotatable bonds is 10. The van der Waals surface area contributed by atoms with Gasteiger partial charge in [-0.1, -0.05) is 45.6 Å². The Labute approximate surface area is 145 Å². The number of carbonyl (C=O) groups excluding carboxylic acids is 2. The number of amides is 3. The second-order valence-electron chi connectivity index (χ2n) is 6.42. The third-order valence-corrected chi connectivity index (χ3v) is 3.71. The van der Waals surface area contributed by atoms with E-state index in [1.807, 2.05) is 6.92 Å². The maximum atomic E-state index is 11.9. The van der Waals surface area contributed by atoms with E-state index in [2.05, 4.69) is 29.8 Å². The van der Waals surface area contributed by atoms with E-state index in [0.717, 1.165) is 18.8 Å². The van der Waals surface area contributed by atoms with Gasteiger partial charge in [0.1, 0.15) is 0 Å². The molecule has 3 amide bonds. The number of unbranched alkanes of at least 4 members (excludes halogenated alkanes) is 3. The third-order valence-electron chi connectivity index (χ3n) is 3.71. The van der Waals surface area contributed by atoms with Crippen molar-refractivity contribution in [3.05, 3.63) is 29.8 Å². The van der Waals surface area contributed by atoms with Crippen molar-refractivity contribution < 1.29 is 9.59 Å². The summed E-state index contributed by atoms with van der Waals surface area (Å²) in [5.74, 6) is 0.632. The van der Waals surface area contributed by atoms with Crippen LogP contribution in [0.1, 0.15) is 63.2 Å². The minimum absolute atomic E-state index is 0.136. The number of urea groups is 1. The molecule has 5 nitrogen and oxygen atoms in total. The monoisotopic (exact) mass is 333 g/mol. The number of benzene rings is 1. The van der Waals surface area contributed by atoms with Crippen molar-refractivity contribution in [2.45, 2.75) is 52.9 Å². The molecule has 5 heteroatoms. The molecule has 0 aliphatic rings. The Kier molecular flexibility index (Phi) is 9.58. The van der Waals surface area contributed by atoms with Crippen LogP contribution in [0, 0.1) is 5.92 Å². The Morgan fingerprint density at radius 2 is 1.79 bits per heavy atom. The zero-order chi connectivity index (χ0) is 17.8. The lowest BCUT2D eigenvalue weighted by atomic mass is 10.0. The predicted octanol–water partition coefficient (Wildman–Crippen LogP) is 4.16. The molecule has 0 bridgehead atoms. The molecule has 1 aromatic carbocycles. The molecule has 1 rings (SSSR count). The van der Waals surface area contributed by atoms with Crippen LogP contribution in [0.5, 0.6) is 0 Å². The summed E-state index contributed by atoms with van der Waals surface area (Å²) in [4.78, 5) is 23.7. The maximum absolute atomic E-state index is 11.9. The lowest BCUT2D eigenvalue weighted by molar-refractivity contribution is 0.0956. The van der Waals surface area contributed by atoms with Gasteiger partial charge in [0.2, 0.25) is 0 Å². The summed E-state index contributed by atoms with van der Waals surface area (Å²) >= 11 is 0. The van der Waals surface area contributed by atoms with Gasteiger partial charge >= 0.3 is 6.03 Å². The molecular formula is C19H31N3O2. The molecule has 0 aromatic heterocycles. The lowest BCUT2D eigenvalue weighted by Gasteiger charge is -2.09. The molecule has 134 valence electrons. The highest BCUT2D eigenvalue weighted by Gasteiger charge is 2.06. The van der Waals surface area contributed by atoms with Crippen LogP contribution in [0.3, 0.4) is 0 Å². The average Bonchev–Trinajstić information content (AvgIpc) is 2.54. The quantitative estimate of drug-likeness (QED) is 0.563. The molecule has 24 heavy (non-hydrogen) atoms. The summed E-state index contributed by atoms with van der Waals surface area (Å²) in [5.41, 5.74) is 1.16. The molecule has 0 saturated heterocycles. The smallest absolute Gasteiger partial charge is 0.319 e. The third kappa shape index (κ3) is 8.56. The minimum atomic E-state index is -0.231. The molecule has 0 fully saturated rings. The second-order valence-corrected chi connectivity index (χ2v) is 6.42. The van der Waals surface area contributed by atoms with Gasteiger partial charge in [-0.15, -0.1) is 0 Å². The van der Waals surface area contributed by atoms with E-state index in [1.54, 1.807) is 24.3 Å². The normalized spacial score (nSPS) is 10.5. The number of hydrogen-bond acceptors (Lipinski definition) is 2. The Morgan fingerprint density at radius 1 is 1.04 bits per heavy atom. The Bertz CT molecular complexity index is 515. The van der Waals surface area contributed by atoms with Gasteiger partial charge in [0.25, 0.3) is 5.91 Å². The summed E-state index contributed by atoms with van der Waals surface area (Å²) in [7, 11) is 0. The van der Waals surface area contributed by atoms with Crippen LogP contribution in [-0.2, 0) is 0 Å². The van der Waals surface area contributed by atoms with Gasteiger partial charge in [-0.3, -0.25) is 4.79 Å². The van der Waals surface area contributed by atoms with Crippen LogP contribution < -0.4 is 16.0 Å². The summed E-state index contributed by atoms with van der Waals surface area (Å²) in [6, 6.07) is 6.70. The van der Waals surface area contributed by atoms with Crippen LogP contribution >= 0.6 is 0 Å². The van der Waals surface area contributed by atoms with Gasteiger partial charge in [-0.25, -0.2) is 4.79 Å². The van der Waals surface area contributed by atoms with Crippen molar-refractivity contribution in [3.63, 3.8) is 0 Å². The molecule has 0 unspecified atom stereocenters. The largest absolute Gasteiger partial charge is 0.352 e. The van der Waals surface area contributed by atoms with Crippen molar-refractivity contribution in [1.29, 1.82) is 0 Å². The van der Waals surface area contributed by atoms with Crippen molar-refractivity contribution in [2.75, 3.05) is 18.4 Å². The maximum Gasteiger partial charge on any atom is 0.319 e. The fraction of sp³-hybridized carbons (Fsp3) is 0.579. The summed E-state index contributed by atoms with van der Waals surface area (Å²) < 4.78 is 0. The molecule has 0 radical (unpaired) electrons. The molecule has 0 aliphatic heterocycles. The SMILES string of the molecule is CCNC(=O)c1cccc(NC(=O)NCCCCCCC(C)C)c1. The van der Waals surface area contributed by atoms with Gasteiger partial charge in [-0.2, -0.15) is 0 Å². The first kappa shape index (κ1) is 20.0. The number of anilines is 1. The van der Waals surface area contributed by atoms with Crippen molar-refractivity contribution in [2.24, 2.45) is 5.92 Å². The number of nitrogens with one attached hydrogen (secondary N) is 3. The van der Waals surface area contributed by atoms with E-state index in [4.69, 9.17) is 0 Å². The number of carbonyl (C=O) groups is 2. The van der Waals surface area contributed by atoms with Crippen LogP contribution in [0.4, 0.5) is 10.5 Å². The highest BCUT2D eigenvalue weighted by Crippen LogP contribution is 2.11. The standard InChI is InChI=1S/C19H31N3O2/c1-4-20-18(23)16-11-9-12-17(14-16)22-19(24)21-13-8-6-5-7-10-15(2)3/h9,11-12,14-15H,4-8,10,13H2,1-3H3,(H,20,23)(H2,21,22,24). The van der Waals surface area contributed by atoms with Gasteiger partial charge < -0.3 is 16.0 Å². The van der Waals surface area contributed by atoms with E-state index in [9.17, 15) is 9.59 Å².